The number of pyridine rings is 1. The van der Waals surface area contributed by atoms with Crippen LogP contribution in [0.1, 0.15) is 20.3 Å². The summed E-state index contributed by atoms with van der Waals surface area (Å²) in [6.45, 7) is 5.67. The number of benzene rings is 1. The third-order valence-electron chi connectivity index (χ3n) is 7.62. The summed E-state index contributed by atoms with van der Waals surface area (Å²) in [6.07, 6.45) is 5.40. The van der Waals surface area contributed by atoms with E-state index in [0.29, 0.717) is 49.9 Å². The number of rotatable bonds is 7. The lowest BCUT2D eigenvalue weighted by Gasteiger charge is -2.42. The minimum Gasteiger partial charge on any atom is -0.488 e. The molecule has 6 rings (SSSR count). The van der Waals surface area contributed by atoms with Crippen LogP contribution in [-0.2, 0) is 9.53 Å². The molecule has 1 amide bonds. The van der Waals surface area contributed by atoms with Gasteiger partial charge in [0, 0.05) is 56.8 Å². The second-order valence-corrected chi connectivity index (χ2v) is 10.8. The van der Waals surface area contributed by atoms with Gasteiger partial charge < -0.3 is 30.7 Å². The Kier molecular flexibility index (Phi) is 7.60. The fourth-order valence-corrected chi connectivity index (χ4v) is 5.65. The van der Waals surface area contributed by atoms with Crippen LogP contribution in [0.5, 0.6) is 5.75 Å². The molecule has 13 heteroatoms. The van der Waals surface area contributed by atoms with Crippen molar-refractivity contribution in [1.82, 2.24) is 24.9 Å². The van der Waals surface area contributed by atoms with Crippen LogP contribution in [0.2, 0.25) is 0 Å². The first-order valence-corrected chi connectivity index (χ1v) is 13.8. The molecule has 0 saturated carbocycles. The van der Waals surface area contributed by atoms with Gasteiger partial charge in [0.15, 0.2) is 0 Å². The number of piperidine rings is 1. The zero-order valence-corrected chi connectivity index (χ0v) is 23.3. The maximum atomic E-state index is 15.2. The van der Waals surface area contributed by atoms with Gasteiger partial charge in [0.25, 0.3) is 0 Å². The summed E-state index contributed by atoms with van der Waals surface area (Å²) in [5, 5.41) is 10.8. The molecule has 2 saturated heterocycles. The van der Waals surface area contributed by atoms with Gasteiger partial charge in [-0.1, -0.05) is 6.92 Å². The number of nitrogens with zero attached hydrogens (tertiary/aromatic N) is 5. The number of halogens is 2. The summed E-state index contributed by atoms with van der Waals surface area (Å²) in [5.41, 5.74) is 8.42. The number of hydrogen-bond acceptors (Lipinski definition) is 9. The molecular weight excluding hydrogens is 546 g/mol. The zero-order valence-electron chi connectivity index (χ0n) is 23.3. The number of ether oxygens (including phenoxy) is 2. The normalized spacial score (nSPS) is 22.4. The van der Waals surface area contributed by atoms with Crippen LogP contribution in [0, 0.1) is 17.6 Å². The molecule has 2 fully saturated rings. The summed E-state index contributed by atoms with van der Waals surface area (Å²) < 4.78 is 42.8. The summed E-state index contributed by atoms with van der Waals surface area (Å²) in [5.74, 6) is -1.13. The molecule has 1 aromatic carbocycles. The highest BCUT2D eigenvalue weighted by molar-refractivity contribution is 5.75. The van der Waals surface area contributed by atoms with E-state index in [1.54, 1.807) is 30.7 Å². The molecule has 0 aliphatic carbocycles. The van der Waals surface area contributed by atoms with Crippen molar-refractivity contribution >= 4 is 28.7 Å². The number of carbonyl (C=O) groups is 1. The van der Waals surface area contributed by atoms with Crippen LogP contribution in [0.3, 0.4) is 0 Å². The second-order valence-electron chi connectivity index (χ2n) is 10.8. The van der Waals surface area contributed by atoms with Gasteiger partial charge in [-0.15, -0.1) is 0 Å². The number of hydrogen-bond donors (Lipinski definition) is 3. The average Bonchev–Trinajstić information content (AvgIpc) is 3.60. The van der Waals surface area contributed by atoms with Gasteiger partial charge in [-0.25, -0.2) is 13.8 Å². The van der Waals surface area contributed by atoms with E-state index in [-0.39, 0.29) is 47.0 Å². The molecular formula is C29H32F2N8O3. The molecule has 220 valence electrons. The maximum absolute atomic E-state index is 15.2. The minimum absolute atomic E-state index is 0.0977. The largest absolute Gasteiger partial charge is 0.488 e. The van der Waals surface area contributed by atoms with Crippen molar-refractivity contribution in [1.29, 1.82) is 0 Å². The van der Waals surface area contributed by atoms with Crippen LogP contribution in [0.4, 0.5) is 26.1 Å². The van der Waals surface area contributed by atoms with E-state index in [1.165, 1.54) is 23.6 Å². The Balaban J connectivity index is 1.27. The van der Waals surface area contributed by atoms with Crippen molar-refractivity contribution in [2.45, 2.75) is 38.5 Å². The zero-order chi connectivity index (χ0) is 29.4. The standard InChI is InChI=1S/C29H32F2N8O3/c1-16-13-38(14-23(32)28(16)35-17(2)40)26-5-7-33-12-25(26)36-29-34-11-18-3-4-24(37-39(18)29)27-21(30)9-20(10-22(27)31)42-19-6-8-41-15-19/h3-5,7,9-12,16,19,23,28H,6,8,13-15,32H2,1-2H3,(H,34,36)(H,35,40). The van der Waals surface area contributed by atoms with Crippen molar-refractivity contribution in [2.24, 2.45) is 11.7 Å². The Bertz CT molecular complexity index is 1570. The summed E-state index contributed by atoms with van der Waals surface area (Å²) in [7, 11) is 0. The van der Waals surface area contributed by atoms with E-state index in [2.05, 4.69) is 37.5 Å². The van der Waals surface area contributed by atoms with E-state index in [4.69, 9.17) is 15.2 Å². The third kappa shape index (κ3) is 5.57. The first-order chi connectivity index (χ1) is 20.3. The van der Waals surface area contributed by atoms with E-state index < -0.39 is 11.6 Å². The molecule has 4 aromatic rings. The predicted molar refractivity (Wildman–Crippen MR) is 153 cm³/mol. The third-order valence-corrected chi connectivity index (χ3v) is 7.62. The number of aromatic nitrogens is 4. The van der Waals surface area contributed by atoms with Crippen molar-refractivity contribution in [2.75, 3.05) is 36.5 Å². The van der Waals surface area contributed by atoms with Gasteiger partial charge in [0.2, 0.25) is 11.9 Å². The number of anilines is 3. The quantitative estimate of drug-likeness (QED) is 0.302. The Morgan fingerprint density at radius 3 is 2.69 bits per heavy atom. The van der Waals surface area contributed by atoms with Crippen LogP contribution in [-0.4, -0.2) is 70.0 Å². The lowest BCUT2D eigenvalue weighted by atomic mass is 9.89. The van der Waals surface area contributed by atoms with Gasteiger partial charge in [-0.05, 0) is 24.1 Å². The summed E-state index contributed by atoms with van der Waals surface area (Å²) in [4.78, 5) is 22.5. The number of nitrogens with two attached hydrogens (primary N) is 1. The van der Waals surface area contributed by atoms with Gasteiger partial charge in [-0.3, -0.25) is 9.78 Å². The molecule has 42 heavy (non-hydrogen) atoms. The van der Waals surface area contributed by atoms with Gasteiger partial charge in [-0.2, -0.15) is 9.61 Å². The second kappa shape index (κ2) is 11.5. The van der Waals surface area contributed by atoms with E-state index in [0.717, 1.165) is 5.69 Å². The number of carbonyl (C=O) groups excluding carboxylic acids is 1. The van der Waals surface area contributed by atoms with Crippen molar-refractivity contribution in [3.63, 3.8) is 0 Å². The minimum atomic E-state index is -0.784. The highest BCUT2D eigenvalue weighted by Crippen LogP contribution is 2.33. The molecule has 0 bridgehead atoms. The van der Waals surface area contributed by atoms with Gasteiger partial charge in [0.1, 0.15) is 23.5 Å². The first-order valence-electron chi connectivity index (χ1n) is 13.8. The monoisotopic (exact) mass is 578 g/mol. The van der Waals surface area contributed by atoms with Crippen LogP contribution in [0.15, 0.2) is 48.9 Å². The Labute approximate surface area is 241 Å². The van der Waals surface area contributed by atoms with Crippen LogP contribution < -0.4 is 26.0 Å². The number of imidazole rings is 1. The lowest BCUT2D eigenvalue weighted by molar-refractivity contribution is -0.120. The maximum Gasteiger partial charge on any atom is 0.229 e. The Morgan fingerprint density at radius 2 is 1.98 bits per heavy atom. The predicted octanol–water partition coefficient (Wildman–Crippen LogP) is 3.27. The van der Waals surface area contributed by atoms with Crippen LogP contribution >= 0.6 is 0 Å². The van der Waals surface area contributed by atoms with Crippen molar-refractivity contribution in [3.05, 3.63) is 60.6 Å². The van der Waals surface area contributed by atoms with E-state index in [1.807, 2.05) is 6.07 Å². The smallest absolute Gasteiger partial charge is 0.229 e. The molecule has 2 aliphatic heterocycles. The van der Waals surface area contributed by atoms with E-state index >= 15 is 8.78 Å². The lowest BCUT2D eigenvalue weighted by Crippen LogP contribution is -2.61. The molecule has 2 aliphatic rings. The first kappa shape index (κ1) is 27.8. The Morgan fingerprint density at radius 1 is 1.17 bits per heavy atom. The Hall–Kier alpha value is -4.36. The molecule has 5 heterocycles. The topological polar surface area (TPSA) is 132 Å². The molecule has 4 atom stereocenters. The SMILES string of the molecule is CC(=O)NC1C(C)CN(c2ccncc2Nc2ncc3ccc(-c4c(F)cc(OC5CCOC5)cc4F)nn23)CC1N. The van der Waals surface area contributed by atoms with Crippen LogP contribution in [0.25, 0.3) is 16.8 Å². The number of fused-ring (bicyclic) bond motifs is 1. The molecule has 0 spiro atoms. The highest BCUT2D eigenvalue weighted by atomic mass is 19.1. The molecule has 11 nitrogen and oxygen atoms in total. The molecule has 4 N–H and O–H groups in total. The fraction of sp³-hybridized carbons (Fsp3) is 0.379. The van der Waals surface area contributed by atoms with E-state index in [9.17, 15) is 4.79 Å². The number of amides is 1. The molecule has 0 radical (unpaired) electrons. The summed E-state index contributed by atoms with van der Waals surface area (Å²) in [6, 6.07) is 7.04. The van der Waals surface area contributed by atoms with Crippen molar-refractivity contribution in [3.8, 4) is 17.0 Å². The van der Waals surface area contributed by atoms with Gasteiger partial charge in [0.05, 0.1) is 53.8 Å². The average molecular weight is 579 g/mol. The van der Waals surface area contributed by atoms with Crippen molar-refractivity contribution < 1.29 is 23.0 Å². The molecule has 3 aromatic heterocycles. The number of nitrogens with one attached hydrogen (secondary N) is 2. The highest BCUT2D eigenvalue weighted by Gasteiger charge is 2.34. The molecule has 4 unspecified atom stereocenters. The summed E-state index contributed by atoms with van der Waals surface area (Å²) >= 11 is 0. The fourth-order valence-electron chi connectivity index (χ4n) is 5.65. The van der Waals surface area contributed by atoms with Gasteiger partial charge >= 0.3 is 0 Å².